The third-order valence-electron chi connectivity index (χ3n) is 5.05. The van der Waals surface area contributed by atoms with Crippen molar-refractivity contribution in [3.8, 4) is 17.9 Å². The SMILES string of the molecule is CC#CCn1c(N2CCCCC2)nc2nc(OCc3ccccn3)n(C)c(=O)c21. The van der Waals surface area contributed by atoms with Gasteiger partial charge >= 0.3 is 6.01 Å². The van der Waals surface area contributed by atoms with Crippen LogP contribution in [0.2, 0.25) is 0 Å². The van der Waals surface area contributed by atoms with E-state index >= 15 is 0 Å². The Morgan fingerprint density at radius 2 is 2.00 bits per heavy atom. The molecule has 0 spiro atoms. The summed E-state index contributed by atoms with van der Waals surface area (Å²) in [5.74, 6) is 6.73. The van der Waals surface area contributed by atoms with E-state index in [2.05, 4.69) is 26.7 Å². The van der Waals surface area contributed by atoms with Crippen LogP contribution in [-0.4, -0.2) is 37.2 Å². The van der Waals surface area contributed by atoms with Gasteiger partial charge in [0.15, 0.2) is 11.2 Å². The normalized spacial score (nSPS) is 13.9. The minimum atomic E-state index is -0.195. The maximum atomic E-state index is 13.1. The van der Waals surface area contributed by atoms with Gasteiger partial charge in [0.2, 0.25) is 5.95 Å². The Kier molecular flexibility index (Phi) is 5.47. The van der Waals surface area contributed by atoms with Crippen LogP contribution in [0, 0.1) is 11.8 Å². The van der Waals surface area contributed by atoms with E-state index in [4.69, 9.17) is 9.72 Å². The lowest BCUT2D eigenvalue weighted by Crippen LogP contribution is -2.32. The van der Waals surface area contributed by atoms with Crippen molar-refractivity contribution in [1.82, 2.24) is 24.1 Å². The summed E-state index contributed by atoms with van der Waals surface area (Å²) in [5.41, 5.74) is 1.42. The van der Waals surface area contributed by atoms with Gasteiger partial charge in [-0.25, -0.2) is 0 Å². The average Bonchev–Trinajstić information content (AvgIpc) is 3.13. The van der Waals surface area contributed by atoms with Crippen molar-refractivity contribution in [1.29, 1.82) is 0 Å². The maximum absolute atomic E-state index is 13.1. The van der Waals surface area contributed by atoms with Gasteiger partial charge in [0.05, 0.1) is 12.2 Å². The number of nitrogens with zero attached hydrogens (tertiary/aromatic N) is 6. The maximum Gasteiger partial charge on any atom is 0.301 e. The number of aromatic nitrogens is 5. The lowest BCUT2D eigenvalue weighted by atomic mass is 10.1. The molecule has 0 saturated carbocycles. The molecule has 8 nitrogen and oxygen atoms in total. The highest BCUT2D eigenvalue weighted by atomic mass is 16.5. The Balaban J connectivity index is 1.76. The molecule has 8 heteroatoms. The highest BCUT2D eigenvalue weighted by Gasteiger charge is 2.23. The van der Waals surface area contributed by atoms with Crippen LogP contribution in [0.25, 0.3) is 11.2 Å². The van der Waals surface area contributed by atoms with E-state index in [0.717, 1.165) is 37.6 Å². The number of hydrogen-bond donors (Lipinski definition) is 0. The number of pyridine rings is 1. The second-order valence-electron chi connectivity index (χ2n) is 7.01. The number of hydrogen-bond acceptors (Lipinski definition) is 6. The molecule has 29 heavy (non-hydrogen) atoms. The largest absolute Gasteiger partial charge is 0.458 e. The molecule has 3 aromatic rings. The molecule has 0 radical (unpaired) electrons. The smallest absolute Gasteiger partial charge is 0.301 e. The van der Waals surface area contributed by atoms with Crippen molar-refractivity contribution in [3.05, 3.63) is 40.4 Å². The van der Waals surface area contributed by atoms with Gasteiger partial charge in [0.1, 0.15) is 6.61 Å². The fourth-order valence-electron chi connectivity index (χ4n) is 3.52. The molecule has 0 amide bonds. The van der Waals surface area contributed by atoms with Crippen molar-refractivity contribution in [3.63, 3.8) is 0 Å². The third-order valence-corrected chi connectivity index (χ3v) is 5.05. The highest BCUT2D eigenvalue weighted by Crippen LogP contribution is 2.24. The molecule has 0 N–H and O–H groups in total. The molecule has 0 aromatic carbocycles. The molecular formula is C21H24N6O2. The van der Waals surface area contributed by atoms with E-state index in [9.17, 15) is 4.79 Å². The summed E-state index contributed by atoms with van der Waals surface area (Å²) < 4.78 is 9.09. The monoisotopic (exact) mass is 392 g/mol. The second kappa shape index (κ2) is 8.35. The van der Waals surface area contributed by atoms with Crippen LogP contribution in [0.1, 0.15) is 31.9 Å². The molecule has 3 aromatic heterocycles. The van der Waals surface area contributed by atoms with E-state index in [1.54, 1.807) is 20.2 Å². The van der Waals surface area contributed by atoms with E-state index in [0.29, 0.717) is 17.7 Å². The number of ether oxygens (including phenoxy) is 1. The first kappa shape index (κ1) is 19.0. The molecule has 0 unspecified atom stereocenters. The van der Waals surface area contributed by atoms with Gasteiger partial charge < -0.3 is 9.64 Å². The lowest BCUT2D eigenvalue weighted by Gasteiger charge is -2.27. The zero-order valence-corrected chi connectivity index (χ0v) is 16.8. The first-order valence-corrected chi connectivity index (χ1v) is 9.83. The Hall–Kier alpha value is -3.34. The number of rotatable bonds is 5. The number of fused-ring (bicyclic) bond motifs is 1. The van der Waals surface area contributed by atoms with E-state index in [1.807, 2.05) is 22.8 Å². The van der Waals surface area contributed by atoms with E-state index in [-0.39, 0.29) is 18.2 Å². The van der Waals surface area contributed by atoms with Gasteiger partial charge in [-0.3, -0.25) is 18.9 Å². The van der Waals surface area contributed by atoms with Gasteiger partial charge in [-0.05, 0) is 38.3 Å². The standard InChI is InChI=1S/C21H24N6O2/c1-3-4-14-27-17-18(23-20(27)26-12-8-5-9-13-26)24-21(25(2)19(17)28)29-15-16-10-6-7-11-22-16/h6-7,10-11H,5,8-9,12-15H2,1-2H3. The molecule has 1 fully saturated rings. The van der Waals surface area contributed by atoms with Gasteiger partial charge in [0, 0.05) is 26.3 Å². The van der Waals surface area contributed by atoms with Crippen molar-refractivity contribution in [2.24, 2.45) is 7.05 Å². The molecule has 0 bridgehead atoms. The van der Waals surface area contributed by atoms with Crippen LogP contribution in [0.3, 0.4) is 0 Å². The molecule has 0 aliphatic carbocycles. The zero-order chi connectivity index (χ0) is 20.2. The van der Waals surface area contributed by atoms with E-state index < -0.39 is 0 Å². The lowest BCUT2D eigenvalue weighted by molar-refractivity contribution is 0.263. The van der Waals surface area contributed by atoms with Crippen molar-refractivity contribution in [2.45, 2.75) is 39.3 Å². The number of anilines is 1. The number of piperidine rings is 1. The molecule has 1 aliphatic heterocycles. The fourth-order valence-corrected chi connectivity index (χ4v) is 3.52. The predicted octanol–water partition coefficient (Wildman–Crippen LogP) is 2.12. The Morgan fingerprint density at radius 3 is 2.72 bits per heavy atom. The molecule has 1 aliphatic rings. The van der Waals surface area contributed by atoms with Gasteiger partial charge in [0.25, 0.3) is 5.56 Å². The quantitative estimate of drug-likeness (QED) is 0.619. The second-order valence-corrected chi connectivity index (χ2v) is 7.01. The first-order chi connectivity index (χ1) is 14.2. The van der Waals surface area contributed by atoms with Crippen molar-refractivity contribution in [2.75, 3.05) is 18.0 Å². The molecular weight excluding hydrogens is 368 g/mol. The van der Waals surface area contributed by atoms with Crippen LogP contribution in [0.15, 0.2) is 29.2 Å². The Labute approximate surface area is 169 Å². The fraction of sp³-hybridized carbons (Fsp3) is 0.429. The summed E-state index contributed by atoms with van der Waals surface area (Å²) in [6, 6.07) is 5.83. The third kappa shape index (κ3) is 3.81. The van der Waals surface area contributed by atoms with Gasteiger partial charge in [-0.2, -0.15) is 9.97 Å². The molecule has 4 heterocycles. The van der Waals surface area contributed by atoms with Gasteiger partial charge in [-0.1, -0.05) is 12.0 Å². The average molecular weight is 392 g/mol. The minimum absolute atomic E-state index is 0.195. The summed E-state index contributed by atoms with van der Waals surface area (Å²) in [6.45, 7) is 4.27. The van der Waals surface area contributed by atoms with Crippen LogP contribution >= 0.6 is 0 Å². The Morgan fingerprint density at radius 1 is 1.17 bits per heavy atom. The Bertz CT molecular complexity index is 1120. The minimum Gasteiger partial charge on any atom is -0.458 e. The van der Waals surface area contributed by atoms with Crippen molar-refractivity contribution >= 4 is 17.1 Å². The summed E-state index contributed by atoms with van der Waals surface area (Å²) in [7, 11) is 1.66. The summed E-state index contributed by atoms with van der Waals surface area (Å²) in [6.07, 6.45) is 5.16. The van der Waals surface area contributed by atoms with Crippen LogP contribution in [-0.2, 0) is 20.2 Å². The first-order valence-electron chi connectivity index (χ1n) is 9.83. The van der Waals surface area contributed by atoms with Crippen molar-refractivity contribution < 1.29 is 4.74 Å². The summed E-state index contributed by atoms with van der Waals surface area (Å²) in [4.78, 5) is 28.8. The van der Waals surface area contributed by atoms with Crippen LogP contribution in [0.5, 0.6) is 6.01 Å². The highest BCUT2D eigenvalue weighted by molar-refractivity contribution is 5.74. The van der Waals surface area contributed by atoms with E-state index in [1.165, 1.54) is 11.0 Å². The molecule has 4 rings (SSSR count). The molecule has 150 valence electrons. The van der Waals surface area contributed by atoms with Crippen LogP contribution in [0.4, 0.5) is 5.95 Å². The molecule has 1 saturated heterocycles. The number of imidazole rings is 1. The molecule has 0 atom stereocenters. The zero-order valence-electron chi connectivity index (χ0n) is 16.8. The topological polar surface area (TPSA) is 78.1 Å². The predicted molar refractivity (Wildman–Crippen MR) is 111 cm³/mol. The van der Waals surface area contributed by atoms with Gasteiger partial charge in [-0.15, -0.1) is 5.92 Å². The summed E-state index contributed by atoms with van der Waals surface area (Å²) in [5, 5.41) is 0. The summed E-state index contributed by atoms with van der Waals surface area (Å²) >= 11 is 0. The van der Waals surface area contributed by atoms with Crippen LogP contribution < -0.4 is 15.2 Å².